The average Bonchev–Trinajstić information content (AvgIpc) is 2.50. The van der Waals surface area contributed by atoms with Gasteiger partial charge in [0.05, 0.1) is 5.69 Å². The molecule has 0 fully saturated rings. The number of nitrogens with zero attached hydrogens (tertiary/aromatic N) is 1. The maximum Gasteiger partial charge on any atom is 0.160 e. The van der Waals surface area contributed by atoms with E-state index in [1.165, 1.54) is 6.07 Å². The monoisotopic (exact) mass is 300 g/mol. The zero-order valence-electron chi connectivity index (χ0n) is 11.8. The molecule has 0 atom stereocenters. The van der Waals surface area contributed by atoms with Gasteiger partial charge in [0.15, 0.2) is 11.6 Å². The minimum absolute atomic E-state index is 0.0938. The van der Waals surface area contributed by atoms with Gasteiger partial charge in [-0.05, 0) is 23.6 Å². The third kappa shape index (κ3) is 2.53. The maximum atomic E-state index is 13.3. The van der Waals surface area contributed by atoms with Crippen molar-refractivity contribution in [2.24, 2.45) is 0 Å². The van der Waals surface area contributed by atoms with Crippen molar-refractivity contribution < 1.29 is 13.9 Å². The van der Waals surface area contributed by atoms with Crippen molar-refractivity contribution in [1.29, 1.82) is 0 Å². The zero-order valence-corrected chi connectivity index (χ0v) is 11.8. The average molecular weight is 300 g/mol. The molecule has 0 spiro atoms. The minimum atomic E-state index is -0.930. The summed E-state index contributed by atoms with van der Waals surface area (Å²) < 4.78 is 26.3. The molecule has 0 aliphatic heterocycles. The molecule has 22 heavy (non-hydrogen) atoms. The highest BCUT2D eigenvalue weighted by Gasteiger charge is 2.12. The third-order valence-corrected chi connectivity index (χ3v) is 3.43. The molecule has 0 aliphatic carbocycles. The fraction of sp³-hybridized carbons (Fsp3) is 0.0588. The maximum absolute atomic E-state index is 13.3. The fourth-order valence-corrected chi connectivity index (χ4v) is 2.41. The molecular formula is C17H14F2N2O. The van der Waals surface area contributed by atoms with E-state index in [1.807, 2.05) is 30.3 Å². The molecule has 3 aromatic rings. The molecule has 0 heterocycles. The van der Waals surface area contributed by atoms with Gasteiger partial charge in [0, 0.05) is 18.5 Å². The molecule has 0 bridgehead atoms. The van der Waals surface area contributed by atoms with E-state index in [1.54, 1.807) is 18.1 Å². The van der Waals surface area contributed by atoms with Gasteiger partial charge in [0.2, 0.25) is 0 Å². The van der Waals surface area contributed by atoms with Gasteiger partial charge < -0.3 is 5.11 Å². The van der Waals surface area contributed by atoms with E-state index < -0.39 is 11.6 Å². The Morgan fingerprint density at radius 3 is 2.50 bits per heavy atom. The quantitative estimate of drug-likeness (QED) is 0.708. The molecule has 3 nitrogen and oxygen atoms in total. The molecule has 0 aromatic heterocycles. The Labute approximate surface area is 126 Å². The Morgan fingerprint density at radius 1 is 0.955 bits per heavy atom. The summed E-state index contributed by atoms with van der Waals surface area (Å²) in [4.78, 5) is 0. The first kappa shape index (κ1) is 14.1. The summed E-state index contributed by atoms with van der Waals surface area (Å²) in [6.45, 7) is 0. The van der Waals surface area contributed by atoms with Crippen LogP contribution >= 0.6 is 0 Å². The second-order valence-electron chi connectivity index (χ2n) is 4.95. The number of anilines is 2. The van der Waals surface area contributed by atoms with Crippen LogP contribution in [-0.4, -0.2) is 12.2 Å². The van der Waals surface area contributed by atoms with Gasteiger partial charge in [-0.3, -0.25) is 10.4 Å². The van der Waals surface area contributed by atoms with Crippen molar-refractivity contribution in [2.75, 3.05) is 17.5 Å². The van der Waals surface area contributed by atoms with E-state index in [0.717, 1.165) is 22.9 Å². The standard InChI is InChI=1S/C17H14F2N2O/c1-21(20-12-7-8-14(18)15(19)10-12)17-13-5-3-2-4-11(13)6-9-16(17)22/h2-10,20,22H,1H3. The summed E-state index contributed by atoms with van der Waals surface area (Å²) in [6.07, 6.45) is 0. The number of hydrogen-bond acceptors (Lipinski definition) is 3. The lowest BCUT2D eigenvalue weighted by Crippen LogP contribution is -2.25. The molecule has 0 aliphatic rings. The number of fused-ring (bicyclic) bond motifs is 1. The number of rotatable bonds is 3. The van der Waals surface area contributed by atoms with Crippen molar-refractivity contribution in [1.82, 2.24) is 0 Å². The van der Waals surface area contributed by atoms with E-state index in [9.17, 15) is 13.9 Å². The molecule has 0 saturated carbocycles. The second-order valence-corrected chi connectivity index (χ2v) is 4.95. The van der Waals surface area contributed by atoms with Crippen LogP contribution in [0.25, 0.3) is 10.8 Å². The van der Waals surface area contributed by atoms with Crippen molar-refractivity contribution in [3.05, 3.63) is 66.2 Å². The largest absolute Gasteiger partial charge is 0.506 e. The van der Waals surface area contributed by atoms with Crippen LogP contribution in [0.4, 0.5) is 20.2 Å². The van der Waals surface area contributed by atoms with Gasteiger partial charge in [-0.1, -0.05) is 30.3 Å². The number of nitrogens with one attached hydrogen (secondary N) is 1. The number of phenolic OH excluding ortho intramolecular Hbond substituents is 1. The van der Waals surface area contributed by atoms with Crippen molar-refractivity contribution in [3.8, 4) is 5.75 Å². The number of halogens is 2. The summed E-state index contributed by atoms with van der Waals surface area (Å²) >= 11 is 0. The Bertz CT molecular complexity index is 836. The summed E-state index contributed by atoms with van der Waals surface area (Å²) in [7, 11) is 1.70. The van der Waals surface area contributed by atoms with Gasteiger partial charge >= 0.3 is 0 Å². The predicted octanol–water partition coefficient (Wildman–Crippen LogP) is 4.29. The Balaban J connectivity index is 1.99. The van der Waals surface area contributed by atoms with Crippen LogP contribution in [0.5, 0.6) is 5.75 Å². The summed E-state index contributed by atoms with van der Waals surface area (Å²) in [5, 5.41) is 13.5. The van der Waals surface area contributed by atoms with E-state index in [2.05, 4.69) is 5.43 Å². The lowest BCUT2D eigenvalue weighted by molar-refractivity contribution is 0.476. The summed E-state index contributed by atoms with van der Waals surface area (Å²) in [5.41, 5.74) is 3.87. The normalized spacial score (nSPS) is 10.7. The van der Waals surface area contributed by atoms with Gasteiger partial charge in [-0.25, -0.2) is 8.78 Å². The highest BCUT2D eigenvalue weighted by Crippen LogP contribution is 2.35. The van der Waals surface area contributed by atoms with Gasteiger partial charge in [0.1, 0.15) is 11.4 Å². The highest BCUT2D eigenvalue weighted by molar-refractivity contribution is 5.97. The number of phenols is 1. The van der Waals surface area contributed by atoms with E-state index in [4.69, 9.17) is 0 Å². The first-order valence-electron chi connectivity index (χ1n) is 6.72. The molecule has 0 unspecified atom stereocenters. The van der Waals surface area contributed by atoms with Crippen LogP contribution < -0.4 is 10.4 Å². The van der Waals surface area contributed by atoms with E-state index in [-0.39, 0.29) is 5.75 Å². The molecule has 0 saturated heterocycles. The van der Waals surface area contributed by atoms with Crippen LogP contribution in [0.3, 0.4) is 0 Å². The first-order valence-corrected chi connectivity index (χ1v) is 6.72. The van der Waals surface area contributed by atoms with E-state index >= 15 is 0 Å². The molecule has 112 valence electrons. The molecule has 0 amide bonds. The number of benzene rings is 3. The predicted molar refractivity (Wildman–Crippen MR) is 84.0 cm³/mol. The first-order chi connectivity index (χ1) is 10.6. The Kier molecular flexibility index (Phi) is 3.55. The van der Waals surface area contributed by atoms with Crippen LogP contribution in [0.1, 0.15) is 0 Å². The van der Waals surface area contributed by atoms with Crippen LogP contribution in [0.2, 0.25) is 0 Å². The lowest BCUT2D eigenvalue weighted by Gasteiger charge is -2.24. The van der Waals surface area contributed by atoms with E-state index in [0.29, 0.717) is 11.4 Å². The Morgan fingerprint density at radius 2 is 1.73 bits per heavy atom. The SMILES string of the molecule is CN(Nc1ccc(F)c(F)c1)c1c(O)ccc2ccccc12. The smallest absolute Gasteiger partial charge is 0.160 e. The molecule has 0 radical (unpaired) electrons. The van der Waals surface area contributed by atoms with Crippen molar-refractivity contribution >= 4 is 22.1 Å². The van der Waals surface area contributed by atoms with Crippen LogP contribution in [0, 0.1) is 11.6 Å². The lowest BCUT2D eigenvalue weighted by atomic mass is 10.1. The Hall–Kier alpha value is -2.82. The topological polar surface area (TPSA) is 35.5 Å². The molecular weight excluding hydrogens is 286 g/mol. The fourth-order valence-electron chi connectivity index (χ4n) is 2.41. The summed E-state index contributed by atoms with van der Waals surface area (Å²) in [5.74, 6) is -1.74. The number of aromatic hydroxyl groups is 1. The molecule has 2 N–H and O–H groups in total. The third-order valence-electron chi connectivity index (χ3n) is 3.43. The van der Waals surface area contributed by atoms with Crippen molar-refractivity contribution in [3.63, 3.8) is 0 Å². The molecule has 3 rings (SSSR count). The zero-order chi connectivity index (χ0) is 15.7. The summed E-state index contributed by atoms with van der Waals surface area (Å²) in [6, 6.07) is 14.6. The molecule has 3 aromatic carbocycles. The van der Waals surface area contributed by atoms with Crippen LogP contribution in [-0.2, 0) is 0 Å². The number of hydrazine groups is 1. The van der Waals surface area contributed by atoms with Crippen molar-refractivity contribution in [2.45, 2.75) is 0 Å². The molecule has 5 heteroatoms. The van der Waals surface area contributed by atoms with Gasteiger partial charge in [-0.15, -0.1) is 0 Å². The van der Waals surface area contributed by atoms with Gasteiger partial charge in [0.25, 0.3) is 0 Å². The van der Waals surface area contributed by atoms with Gasteiger partial charge in [-0.2, -0.15) is 0 Å². The highest BCUT2D eigenvalue weighted by atomic mass is 19.2. The van der Waals surface area contributed by atoms with Crippen LogP contribution in [0.15, 0.2) is 54.6 Å². The second kappa shape index (κ2) is 5.52. The number of hydrogen-bond donors (Lipinski definition) is 2. The minimum Gasteiger partial charge on any atom is -0.506 e.